The number of carbonyl (C=O) groups is 1. The number of carboxylic acids is 1. The summed E-state index contributed by atoms with van der Waals surface area (Å²) in [5, 5.41) is 11.7. The van der Waals surface area contributed by atoms with Gasteiger partial charge in [-0.05, 0) is 0 Å². The fraction of sp³-hybridized carbons (Fsp3) is 0. The lowest BCUT2D eigenvalue weighted by Gasteiger charge is -1.98. The molecule has 8 heteroatoms. The molecule has 6 nitrogen and oxygen atoms in total. The molecule has 0 aliphatic carbocycles. The third-order valence-corrected chi connectivity index (χ3v) is 2.46. The zero-order valence-electron chi connectivity index (χ0n) is 7.72. The Hall–Kier alpha value is -2.09. The number of halogens is 1. The highest BCUT2D eigenvalue weighted by Gasteiger charge is 2.09. The van der Waals surface area contributed by atoms with Crippen LogP contribution in [0.2, 0.25) is 0 Å². The molecule has 2 rings (SSSR count). The van der Waals surface area contributed by atoms with Crippen LogP contribution in [0.1, 0.15) is 9.67 Å². The highest BCUT2D eigenvalue weighted by molar-refractivity contribution is 7.17. The number of hydrogen-bond donors (Lipinski definition) is 2. The van der Waals surface area contributed by atoms with Gasteiger partial charge >= 0.3 is 5.97 Å². The van der Waals surface area contributed by atoms with Gasteiger partial charge in [0.05, 0.1) is 18.6 Å². The number of carboxylic acid groups (broad SMARTS) is 1. The Kier molecular flexibility index (Phi) is 2.73. The van der Waals surface area contributed by atoms with Gasteiger partial charge in [-0.25, -0.2) is 24.1 Å². The predicted molar refractivity (Wildman–Crippen MR) is 54.3 cm³/mol. The Balaban J connectivity index is 2.14. The van der Waals surface area contributed by atoms with Gasteiger partial charge < -0.3 is 10.4 Å². The smallest absolute Gasteiger partial charge is 0.347 e. The number of aromatic carboxylic acids is 1. The molecule has 0 saturated heterocycles. The van der Waals surface area contributed by atoms with Gasteiger partial charge in [-0.3, -0.25) is 0 Å². The summed E-state index contributed by atoms with van der Waals surface area (Å²) in [6.07, 6.45) is 3.22. The van der Waals surface area contributed by atoms with Crippen LogP contribution in [0.25, 0.3) is 0 Å². The molecule has 0 amide bonds. The maximum atomic E-state index is 12.5. The third-order valence-electron chi connectivity index (χ3n) is 1.56. The van der Waals surface area contributed by atoms with E-state index < -0.39 is 11.8 Å². The van der Waals surface area contributed by atoms with Crippen molar-refractivity contribution >= 4 is 28.4 Å². The molecule has 2 heterocycles. The lowest BCUT2D eigenvalue weighted by molar-refractivity contribution is 0.0702. The van der Waals surface area contributed by atoms with Crippen molar-refractivity contribution in [2.45, 2.75) is 0 Å². The average Bonchev–Trinajstić information content (AvgIpc) is 2.70. The van der Waals surface area contributed by atoms with E-state index >= 15 is 0 Å². The quantitative estimate of drug-likeness (QED) is 0.845. The highest BCUT2D eigenvalue weighted by atomic mass is 32.1. The molecule has 2 N–H and O–H groups in total. The third kappa shape index (κ3) is 2.28. The number of anilines is 2. The monoisotopic (exact) mass is 240 g/mol. The zero-order chi connectivity index (χ0) is 11.5. The van der Waals surface area contributed by atoms with Crippen LogP contribution in [-0.2, 0) is 0 Å². The summed E-state index contributed by atoms with van der Waals surface area (Å²) in [7, 11) is 0. The van der Waals surface area contributed by atoms with E-state index in [1.165, 1.54) is 6.20 Å². The molecular weight excluding hydrogens is 235 g/mol. The van der Waals surface area contributed by atoms with Crippen molar-refractivity contribution in [2.75, 3.05) is 5.32 Å². The summed E-state index contributed by atoms with van der Waals surface area (Å²) in [5.74, 6) is -1.44. The topological polar surface area (TPSA) is 88.0 Å². The lowest BCUT2D eigenvalue weighted by Crippen LogP contribution is -1.96. The van der Waals surface area contributed by atoms with Crippen molar-refractivity contribution in [3.63, 3.8) is 0 Å². The van der Waals surface area contributed by atoms with E-state index in [0.717, 1.165) is 23.7 Å². The minimum absolute atomic E-state index is 0.101. The van der Waals surface area contributed by atoms with Crippen LogP contribution in [0.4, 0.5) is 15.5 Å². The van der Waals surface area contributed by atoms with E-state index in [1.807, 2.05) is 0 Å². The summed E-state index contributed by atoms with van der Waals surface area (Å²) in [6, 6.07) is 0. The average molecular weight is 240 g/mol. The molecule has 0 radical (unpaired) electrons. The first-order chi connectivity index (χ1) is 7.65. The van der Waals surface area contributed by atoms with Gasteiger partial charge in [0.15, 0.2) is 10.9 Å². The standard InChI is InChI=1S/C8H5FN4O2S/c9-4-1-10-7(11-2-4)13-8-12-3-5(16-8)6(14)15/h1-3H,(H,14,15)(H,10,11,12,13). The van der Waals surface area contributed by atoms with Gasteiger partial charge in [0.25, 0.3) is 0 Å². The normalized spacial score (nSPS) is 10.1. The highest BCUT2D eigenvalue weighted by Crippen LogP contribution is 2.20. The molecule has 0 unspecified atom stereocenters. The Morgan fingerprint density at radius 3 is 2.56 bits per heavy atom. The van der Waals surface area contributed by atoms with Crippen molar-refractivity contribution in [1.29, 1.82) is 0 Å². The number of thiazole rings is 1. The second-order valence-corrected chi connectivity index (χ2v) is 3.72. The van der Waals surface area contributed by atoms with Crippen molar-refractivity contribution in [1.82, 2.24) is 15.0 Å². The summed E-state index contributed by atoms with van der Waals surface area (Å²) in [4.78, 5) is 21.8. The lowest BCUT2D eigenvalue weighted by atomic mass is 10.6. The summed E-state index contributed by atoms with van der Waals surface area (Å²) in [5.41, 5.74) is 0. The summed E-state index contributed by atoms with van der Waals surface area (Å²) in [6.45, 7) is 0. The van der Waals surface area contributed by atoms with Gasteiger partial charge in [0, 0.05) is 0 Å². The van der Waals surface area contributed by atoms with Crippen LogP contribution in [0, 0.1) is 5.82 Å². The molecule has 0 bridgehead atoms. The fourth-order valence-corrected chi connectivity index (χ4v) is 1.55. The van der Waals surface area contributed by atoms with Crippen molar-refractivity contribution in [3.8, 4) is 0 Å². The molecule has 82 valence electrons. The van der Waals surface area contributed by atoms with Crippen LogP contribution >= 0.6 is 11.3 Å². The number of nitrogens with zero attached hydrogens (tertiary/aromatic N) is 3. The molecule has 0 spiro atoms. The van der Waals surface area contributed by atoms with E-state index in [9.17, 15) is 9.18 Å². The van der Waals surface area contributed by atoms with Crippen LogP contribution in [-0.4, -0.2) is 26.0 Å². The SMILES string of the molecule is O=C(O)c1cnc(Nc2ncc(F)cn2)s1. The molecule has 0 aromatic carbocycles. The molecule has 0 saturated carbocycles. The van der Waals surface area contributed by atoms with Crippen LogP contribution in [0.15, 0.2) is 18.6 Å². The van der Waals surface area contributed by atoms with Gasteiger partial charge in [0.1, 0.15) is 4.88 Å². The molecule has 16 heavy (non-hydrogen) atoms. The maximum Gasteiger partial charge on any atom is 0.347 e. The minimum Gasteiger partial charge on any atom is -0.477 e. The summed E-state index contributed by atoms with van der Waals surface area (Å²) >= 11 is 0.945. The number of hydrogen-bond acceptors (Lipinski definition) is 6. The van der Waals surface area contributed by atoms with E-state index in [0.29, 0.717) is 5.13 Å². The largest absolute Gasteiger partial charge is 0.477 e. The van der Waals surface area contributed by atoms with Gasteiger partial charge in [0.2, 0.25) is 5.95 Å². The second kappa shape index (κ2) is 4.19. The van der Waals surface area contributed by atoms with E-state index in [4.69, 9.17) is 5.11 Å². The maximum absolute atomic E-state index is 12.5. The molecule has 0 fully saturated rings. The van der Waals surface area contributed by atoms with Gasteiger partial charge in [-0.15, -0.1) is 0 Å². The minimum atomic E-state index is -1.05. The molecule has 0 aliphatic rings. The Morgan fingerprint density at radius 2 is 2.00 bits per heavy atom. The first-order valence-electron chi connectivity index (χ1n) is 4.09. The predicted octanol–water partition coefficient (Wildman–Crippen LogP) is 1.51. The first kappa shape index (κ1) is 10.4. The number of nitrogens with one attached hydrogen (secondary N) is 1. The van der Waals surface area contributed by atoms with Crippen LogP contribution < -0.4 is 5.32 Å². The van der Waals surface area contributed by atoms with E-state index in [2.05, 4.69) is 20.3 Å². The Morgan fingerprint density at radius 1 is 1.31 bits per heavy atom. The van der Waals surface area contributed by atoms with Crippen molar-refractivity contribution in [2.24, 2.45) is 0 Å². The van der Waals surface area contributed by atoms with Crippen molar-refractivity contribution in [3.05, 3.63) is 29.3 Å². The second-order valence-electron chi connectivity index (χ2n) is 2.68. The van der Waals surface area contributed by atoms with Crippen LogP contribution in [0.5, 0.6) is 0 Å². The summed E-state index contributed by atoms with van der Waals surface area (Å²) < 4.78 is 12.5. The van der Waals surface area contributed by atoms with E-state index in [-0.39, 0.29) is 10.8 Å². The molecule has 0 aliphatic heterocycles. The number of aromatic nitrogens is 3. The molecule has 2 aromatic heterocycles. The Bertz CT molecular complexity index is 513. The van der Waals surface area contributed by atoms with E-state index in [1.54, 1.807) is 0 Å². The molecule has 0 atom stereocenters. The molecular formula is C8H5FN4O2S. The first-order valence-corrected chi connectivity index (χ1v) is 4.90. The van der Waals surface area contributed by atoms with Crippen LogP contribution in [0.3, 0.4) is 0 Å². The van der Waals surface area contributed by atoms with Crippen molar-refractivity contribution < 1.29 is 14.3 Å². The zero-order valence-corrected chi connectivity index (χ0v) is 8.53. The van der Waals surface area contributed by atoms with Gasteiger partial charge in [-0.1, -0.05) is 11.3 Å². The number of rotatable bonds is 3. The Labute approximate surface area is 92.8 Å². The van der Waals surface area contributed by atoms with Gasteiger partial charge in [-0.2, -0.15) is 0 Å². The fourth-order valence-electron chi connectivity index (χ4n) is 0.903. The molecule has 2 aromatic rings.